The number of hydrogen-bond donors (Lipinski definition) is 1. The fourth-order valence-electron chi connectivity index (χ4n) is 2.48. The van der Waals surface area contributed by atoms with Crippen LogP contribution in [0.15, 0.2) is 40.9 Å². The quantitative estimate of drug-likeness (QED) is 0.913. The Bertz CT molecular complexity index is 624. The molecule has 0 saturated carbocycles. The third-order valence-electron chi connectivity index (χ3n) is 3.66. The Morgan fingerprint density at radius 2 is 1.95 bits per heavy atom. The second-order valence-corrected chi connectivity index (χ2v) is 5.77. The van der Waals surface area contributed by atoms with Gasteiger partial charge in [0, 0.05) is 4.47 Å². The van der Waals surface area contributed by atoms with Crippen LogP contribution in [-0.2, 0) is 18.0 Å². The molecule has 0 bridgehead atoms. The van der Waals surface area contributed by atoms with E-state index in [1.54, 1.807) is 0 Å². The van der Waals surface area contributed by atoms with Crippen LogP contribution in [0.2, 0.25) is 0 Å². The van der Waals surface area contributed by atoms with Gasteiger partial charge in [-0.15, -0.1) is 0 Å². The topological polar surface area (TPSA) is 35.2 Å². The number of aryl methyl sites for hydroxylation is 1. The van der Waals surface area contributed by atoms with Gasteiger partial charge in [-0.3, -0.25) is 0 Å². The molecule has 2 N–H and O–H groups in total. The van der Waals surface area contributed by atoms with E-state index in [2.05, 4.69) is 53.2 Å². The zero-order valence-electron chi connectivity index (χ0n) is 10.8. The van der Waals surface area contributed by atoms with Crippen molar-refractivity contribution in [3.63, 3.8) is 0 Å². The van der Waals surface area contributed by atoms with Gasteiger partial charge in [-0.2, -0.15) is 0 Å². The standard InChI is InChI=1S/C16H16BrNO/c1-10-3-2-4-14(15(10)17)16(18)11-5-6-12-8-19-9-13(12)7-11/h2-7,16H,8-9,18H2,1H3. The van der Waals surface area contributed by atoms with Gasteiger partial charge in [0.1, 0.15) is 0 Å². The van der Waals surface area contributed by atoms with Gasteiger partial charge in [0.15, 0.2) is 0 Å². The van der Waals surface area contributed by atoms with Crippen molar-refractivity contribution < 1.29 is 4.74 Å². The van der Waals surface area contributed by atoms with Gasteiger partial charge < -0.3 is 10.5 Å². The fourth-order valence-corrected chi connectivity index (χ4v) is 2.99. The van der Waals surface area contributed by atoms with E-state index in [1.165, 1.54) is 16.7 Å². The van der Waals surface area contributed by atoms with Crippen molar-refractivity contribution in [1.82, 2.24) is 0 Å². The molecule has 19 heavy (non-hydrogen) atoms. The Morgan fingerprint density at radius 1 is 1.16 bits per heavy atom. The van der Waals surface area contributed by atoms with E-state index in [0.717, 1.165) is 22.2 Å². The summed E-state index contributed by atoms with van der Waals surface area (Å²) in [5.41, 5.74) is 12.4. The summed E-state index contributed by atoms with van der Waals surface area (Å²) < 4.78 is 6.54. The van der Waals surface area contributed by atoms with Crippen LogP contribution in [0.4, 0.5) is 0 Å². The molecule has 1 unspecified atom stereocenters. The van der Waals surface area contributed by atoms with Gasteiger partial charge in [-0.1, -0.05) is 52.3 Å². The maximum absolute atomic E-state index is 6.41. The lowest BCUT2D eigenvalue weighted by molar-refractivity contribution is 0.134. The lowest BCUT2D eigenvalue weighted by Crippen LogP contribution is -2.13. The summed E-state index contributed by atoms with van der Waals surface area (Å²) in [6.07, 6.45) is 0. The summed E-state index contributed by atoms with van der Waals surface area (Å²) >= 11 is 3.64. The van der Waals surface area contributed by atoms with Crippen molar-refractivity contribution in [1.29, 1.82) is 0 Å². The molecule has 98 valence electrons. The minimum atomic E-state index is -0.111. The molecule has 2 aromatic carbocycles. The molecule has 0 amide bonds. The van der Waals surface area contributed by atoms with Crippen molar-refractivity contribution in [2.24, 2.45) is 5.73 Å². The van der Waals surface area contributed by atoms with Gasteiger partial charge in [0.05, 0.1) is 19.3 Å². The molecule has 1 aliphatic heterocycles. The highest BCUT2D eigenvalue weighted by Crippen LogP contribution is 2.31. The first-order valence-electron chi connectivity index (χ1n) is 6.37. The highest BCUT2D eigenvalue weighted by molar-refractivity contribution is 9.10. The van der Waals surface area contributed by atoms with E-state index >= 15 is 0 Å². The molecule has 0 aliphatic carbocycles. The highest BCUT2D eigenvalue weighted by atomic mass is 79.9. The van der Waals surface area contributed by atoms with Crippen LogP contribution in [0.3, 0.4) is 0 Å². The predicted molar refractivity (Wildman–Crippen MR) is 79.8 cm³/mol. The molecular formula is C16H16BrNO. The van der Waals surface area contributed by atoms with Crippen LogP contribution in [0.1, 0.15) is 33.9 Å². The number of nitrogens with two attached hydrogens (primary N) is 1. The van der Waals surface area contributed by atoms with Crippen molar-refractivity contribution in [3.8, 4) is 0 Å². The summed E-state index contributed by atoms with van der Waals surface area (Å²) in [5, 5.41) is 0. The minimum absolute atomic E-state index is 0.111. The maximum Gasteiger partial charge on any atom is 0.0725 e. The number of ether oxygens (including phenoxy) is 1. The first-order valence-corrected chi connectivity index (χ1v) is 7.16. The van der Waals surface area contributed by atoms with Gasteiger partial charge in [-0.05, 0) is 34.7 Å². The van der Waals surface area contributed by atoms with Crippen molar-refractivity contribution >= 4 is 15.9 Å². The summed E-state index contributed by atoms with van der Waals surface area (Å²) in [5.74, 6) is 0. The second-order valence-electron chi connectivity index (χ2n) is 4.98. The van der Waals surface area contributed by atoms with E-state index < -0.39 is 0 Å². The van der Waals surface area contributed by atoms with E-state index in [0.29, 0.717) is 6.61 Å². The number of benzene rings is 2. The molecule has 0 spiro atoms. The lowest BCUT2D eigenvalue weighted by atomic mass is 9.95. The molecular weight excluding hydrogens is 302 g/mol. The Hall–Kier alpha value is -1.16. The third-order valence-corrected chi connectivity index (χ3v) is 4.74. The van der Waals surface area contributed by atoms with Crippen LogP contribution < -0.4 is 5.73 Å². The minimum Gasteiger partial charge on any atom is -0.372 e. The zero-order valence-corrected chi connectivity index (χ0v) is 12.4. The first-order chi connectivity index (χ1) is 9.16. The first kappa shape index (κ1) is 12.9. The molecule has 1 heterocycles. The van der Waals surface area contributed by atoms with Gasteiger partial charge >= 0.3 is 0 Å². The van der Waals surface area contributed by atoms with Crippen LogP contribution in [0.25, 0.3) is 0 Å². The van der Waals surface area contributed by atoms with Gasteiger partial charge in [0.25, 0.3) is 0 Å². The van der Waals surface area contributed by atoms with E-state index in [-0.39, 0.29) is 6.04 Å². The molecule has 2 aromatic rings. The van der Waals surface area contributed by atoms with E-state index in [4.69, 9.17) is 10.5 Å². The Morgan fingerprint density at radius 3 is 2.79 bits per heavy atom. The number of halogens is 1. The monoisotopic (exact) mass is 317 g/mol. The van der Waals surface area contributed by atoms with Crippen molar-refractivity contribution in [3.05, 3.63) is 68.7 Å². The fraction of sp³-hybridized carbons (Fsp3) is 0.250. The van der Waals surface area contributed by atoms with Crippen molar-refractivity contribution in [2.75, 3.05) is 0 Å². The summed E-state index contributed by atoms with van der Waals surface area (Å²) in [7, 11) is 0. The highest BCUT2D eigenvalue weighted by Gasteiger charge is 2.17. The molecule has 0 radical (unpaired) electrons. The zero-order chi connectivity index (χ0) is 13.4. The van der Waals surface area contributed by atoms with Crippen LogP contribution in [0.5, 0.6) is 0 Å². The Kier molecular flexibility index (Phi) is 3.44. The smallest absolute Gasteiger partial charge is 0.0725 e. The SMILES string of the molecule is Cc1cccc(C(N)c2ccc3c(c2)COC3)c1Br. The van der Waals surface area contributed by atoms with E-state index in [9.17, 15) is 0 Å². The molecule has 1 aliphatic rings. The van der Waals surface area contributed by atoms with Crippen LogP contribution in [0, 0.1) is 6.92 Å². The Labute approximate surface area is 121 Å². The Balaban J connectivity index is 2.00. The largest absolute Gasteiger partial charge is 0.372 e. The van der Waals surface area contributed by atoms with Crippen molar-refractivity contribution in [2.45, 2.75) is 26.2 Å². The molecule has 1 atom stereocenters. The third kappa shape index (κ3) is 2.34. The average molecular weight is 318 g/mol. The average Bonchev–Trinajstić information content (AvgIpc) is 2.88. The summed E-state index contributed by atoms with van der Waals surface area (Å²) in [6.45, 7) is 3.50. The molecule has 0 aromatic heterocycles. The van der Waals surface area contributed by atoms with E-state index in [1.807, 2.05) is 6.07 Å². The number of hydrogen-bond acceptors (Lipinski definition) is 2. The molecule has 3 rings (SSSR count). The summed E-state index contributed by atoms with van der Waals surface area (Å²) in [6, 6.07) is 12.5. The second kappa shape index (κ2) is 5.08. The predicted octanol–water partition coefficient (Wildman–Crippen LogP) is 3.84. The normalized spacial score (nSPS) is 15.3. The van der Waals surface area contributed by atoms with Crippen LogP contribution >= 0.6 is 15.9 Å². The molecule has 2 nitrogen and oxygen atoms in total. The van der Waals surface area contributed by atoms with Gasteiger partial charge in [-0.25, -0.2) is 0 Å². The maximum atomic E-state index is 6.41. The van der Waals surface area contributed by atoms with Crippen LogP contribution in [-0.4, -0.2) is 0 Å². The molecule has 0 fully saturated rings. The molecule has 3 heteroatoms. The molecule has 0 saturated heterocycles. The summed E-state index contributed by atoms with van der Waals surface area (Å²) in [4.78, 5) is 0. The number of rotatable bonds is 2. The van der Waals surface area contributed by atoms with Gasteiger partial charge in [0.2, 0.25) is 0 Å². The lowest BCUT2D eigenvalue weighted by Gasteiger charge is -2.16. The number of fused-ring (bicyclic) bond motifs is 1.